The molecule has 15 rings (SSSR count). The second-order valence-corrected chi connectivity index (χ2v) is 25.7. The van der Waals surface area contributed by atoms with Crippen molar-refractivity contribution in [3.63, 3.8) is 0 Å². The quantitative estimate of drug-likeness (QED) is 0.144. The normalized spacial score (nSPS) is 13.0. The van der Waals surface area contributed by atoms with Crippen LogP contribution in [0.15, 0.2) is 271 Å². The SMILES string of the molecule is Cc1ccccc1-c1c(N(c2ccc(-c3ccccc3)cc2)c2ccc(C(C)(C)C)cc2)cc2c(c1C)-c1c(cc(N(c3ccc(-c4ccccc4)cc3)c3ccc(C(C)(C)C)cc3)c3c1oc1ccccc13)C21c2ccccc2-c2ccccc21. The number of hydrogen-bond donors (Lipinski definition) is 0. The molecule has 2 aliphatic rings. The van der Waals surface area contributed by atoms with E-state index >= 15 is 0 Å². The van der Waals surface area contributed by atoms with Crippen molar-refractivity contribution in [1.29, 1.82) is 0 Å². The lowest BCUT2D eigenvalue weighted by atomic mass is 9.69. The summed E-state index contributed by atoms with van der Waals surface area (Å²) in [5.41, 5.74) is 29.2. The van der Waals surface area contributed by atoms with Gasteiger partial charge in [0, 0.05) is 39.3 Å². The van der Waals surface area contributed by atoms with Gasteiger partial charge in [0.1, 0.15) is 11.2 Å². The van der Waals surface area contributed by atoms with Gasteiger partial charge in [-0.2, -0.15) is 0 Å². The van der Waals surface area contributed by atoms with Crippen molar-refractivity contribution in [2.75, 3.05) is 9.80 Å². The molecule has 0 saturated carbocycles. The number of hydrogen-bond acceptors (Lipinski definition) is 3. The Morgan fingerprint density at radius 3 is 1.23 bits per heavy atom. The summed E-state index contributed by atoms with van der Waals surface area (Å²) in [5.74, 6) is 0. The molecule has 1 aromatic heterocycles. The van der Waals surface area contributed by atoms with Crippen LogP contribution >= 0.6 is 0 Å². The van der Waals surface area contributed by atoms with Crippen molar-refractivity contribution in [1.82, 2.24) is 0 Å². The van der Waals surface area contributed by atoms with E-state index in [0.29, 0.717) is 0 Å². The zero-order valence-corrected chi connectivity index (χ0v) is 50.2. The number of aryl methyl sites for hydroxylation is 1. The molecule has 3 nitrogen and oxygen atoms in total. The summed E-state index contributed by atoms with van der Waals surface area (Å²) in [6.45, 7) is 18.4. The summed E-state index contributed by atoms with van der Waals surface area (Å²) >= 11 is 0. The lowest BCUT2D eigenvalue weighted by Gasteiger charge is -2.35. The van der Waals surface area contributed by atoms with Crippen LogP contribution in [0.2, 0.25) is 0 Å². The van der Waals surface area contributed by atoms with Gasteiger partial charge in [-0.3, -0.25) is 0 Å². The van der Waals surface area contributed by atoms with E-state index in [-0.39, 0.29) is 10.8 Å². The zero-order valence-electron chi connectivity index (χ0n) is 50.2. The average Bonchev–Trinajstić information content (AvgIpc) is 1.50. The van der Waals surface area contributed by atoms with Crippen molar-refractivity contribution in [3.8, 4) is 55.6 Å². The molecule has 0 fully saturated rings. The number of furan rings is 1. The first-order chi connectivity index (χ1) is 41.8. The van der Waals surface area contributed by atoms with Gasteiger partial charge in [-0.1, -0.05) is 242 Å². The molecule has 1 spiro atoms. The van der Waals surface area contributed by atoms with Crippen LogP contribution in [0.1, 0.15) is 86.1 Å². The summed E-state index contributed by atoms with van der Waals surface area (Å²) in [6, 6.07) is 99.5. The van der Waals surface area contributed by atoms with Crippen LogP contribution in [0, 0.1) is 13.8 Å². The van der Waals surface area contributed by atoms with Crippen LogP contribution in [0.3, 0.4) is 0 Å². The molecule has 0 bridgehead atoms. The van der Waals surface area contributed by atoms with Gasteiger partial charge in [-0.25, -0.2) is 0 Å². The highest BCUT2D eigenvalue weighted by Crippen LogP contribution is 2.68. The molecule has 12 aromatic carbocycles. The van der Waals surface area contributed by atoms with Gasteiger partial charge in [0.25, 0.3) is 0 Å². The molecule has 0 atom stereocenters. The largest absolute Gasteiger partial charge is 0.455 e. The highest BCUT2D eigenvalue weighted by Gasteiger charge is 2.54. The molecule has 0 unspecified atom stereocenters. The minimum atomic E-state index is -0.790. The van der Waals surface area contributed by atoms with Gasteiger partial charge >= 0.3 is 0 Å². The third kappa shape index (κ3) is 8.31. The maximum absolute atomic E-state index is 7.62. The Kier molecular flexibility index (Phi) is 12.3. The van der Waals surface area contributed by atoms with Gasteiger partial charge in [-0.15, -0.1) is 0 Å². The molecule has 2 aliphatic carbocycles. The Bertz CT molecular complexity index is 4700. The molecule has 1 heterocycles. The Labute approximate surface area is 506 Å². The van der Waals surface area contributed by atoms with E-state index in [9.17, 15) is 0 Å². The molecule has 0 aliphatic heterocycles. The number of fused-ring (bicyclic) bond motifs is 14. The maximum Gasteiger partial charge on any atom is 0.145 e. The molecule has 13 aromatic rings. The Morgan fingerprint density at radius 1 is 0.337 bits per heavy atom. The first-order valence-corrected chi connectivity index (χ1v) is 30.3. The van der Waals surface area contributed by atoms with Crippen LogP contribution in [-0.2, 0) is 16.2 Å². The molecule has 416 valence electrons. The third-order valence-electron chi connectivity index (χ3n) is 18.5. The number of nitrogens with zero attached hydrogens (tertiary/aromatic N) is 2. The second-order valence-electron chi connectivity index (χ2n) is 25.7. The summed E-state index contributed by atoms with van der Waals surface area (Å²) in [5, 5.41) is 2.15. The lowest BCUT2D eigenvalue weighted by Crippen LogP contribution is -2.27. The molecule has 86 heavy (non-hydrogen) atoms. The van der Waals surface area contributed by atoms with Crippen LogP contribution in [-0.4, -0.2) is 0 Å². The molecule has 0 saturated heterocycles. The van der Waals surface area contributed by atoms with E-state index in [2.05, 4.69) is 332 Å². The van der Waals surface area contributed by atoms with E-state index in [1.807, 2.05) is 0 Å². The van der Waals surface area contributed by atoms with Crippen molar-refractivity contribution in [2.45, 2.75) is 71.6 Å². The van der Waals surface area contributed by atoms with Gasteiger partial charge in [0.2, 0.25) is 0 Å². The van der Waals surface area contributed by atoms with Crippen LogP contribution < -0.4 is 9.80 Å². The fourth-order valence-corrected chi connectivity index (χ4v) is 14.3. The fraction of sp³-hybridized carbons (Fsp3) is 0.133. The van der Waals surface area contributed by atoms with Gasteiger partial charge in [0.15, 0.2) is 0 Å². The zero-order chi connectivity index (χ0) is 58.6. The first kappa shape index (κ1) is 52.8. The standard InChI is InChI=1S/C83H68N2O/c1-53-23-15-16-28-65(53)76-54(2)77-71(51-73(76)84(63-47-39-59(40-48-63)81(3,4)5)61-43-35-57(36-44-61)55-24-11-9-12-25-55)83(69-32-20-17-29-66(69)67-30-18-21-33-70(67)83)72-52-74(78-68-31-19-22-34-75(68)86-80(78)79(72)77)85(64-49-41-60(42-50-64)82(6,7)8)62-45-37-58(38-46-62)56-26-13-10-14-27-56/h9-52H,1-8H3. The number of rotatable bonds is 9. The highest BCUT2D eigenvalue weighted by molar-refractivity contribution is 6.20. The smallest absolute Gasteiger partial charge is 0.145 e. The monoisotopic (exact) mass is 1110 g/mol. The predicted octanol–water partition coefficient (Wildman–Crippen LogP) is 23.1. The fourth-order valence-electron chi connectivity index (χ4n) is 14.3. The molecular weight excluding hydrogens is 1040 g/mol. The topological polar surface area (TPSA) is 19.6 Å². The van der Waals surface area contributed by atoms with E-state index in [1.54, 1.807) is 0 Å². The average molecular weight is 1110 g/mol. The summed E-state index contributed by atoms with van der Waals surface area (Å²) in [7, 11) is 0. The maximum atomic E-state index is 7.62. The molecular formula is C83H68N2O. The molecule has 0 radical (unpaired) electrons. The van der Waals surface area contributed by atoms with Gasteiger partial charge in [-0.05, 0) is 180 Å². The van der Waals surface area contributed by atoms with Crippen molar-refractivity contribution < 1.29 is 4.42 Å². The van der Waals surface area contributed by atoms with Gasteiger partial charge in [0.05, 0.1) is 22.2 Å². The van der Waals surface area contributed by atoms with Crippen molar-refractivity contribution >= 4 is 56.1 Å². The Hall–Kier alpha value is -9.96. The number of para-hydroxylation sites is 1. The van der Waals surface area contributed by atoms with Crippen molar-refractivity contribution in [3.05, 3.63) is 311 Å². The van der Waals surface area contributed by atoms with E-state index in [4.69, 9.17) is 4.42 Å². The third-order valence-corrected chi connectivity index (χ3v) is 18.5. The number of anilines is 6. The predicted molar refractivity (Wildman–Crippen MR) is 363 cm³/mol. The Morgan fingerprint density at radius 2 is 0.733 bits per heavy atom. The second kappa shape index (κ2) is 20.1. The van der Waals surface area contributed by atoms with Gasteiger partial charge < -0.3 is 14.2 Å². The van der Waals surface area contributed by atoms with E-state index in [1.165, 1.54) is 94.6 Å². The van der Waals surface area contributed by atoms with Crippen LogP contribution in [0.4, 0.5) is 34.1 Å². The Balaban J connectivity index is 1.09. The van der Waals surface area contributed by atoms with E-state index < -0.39 is 5.41 Å². The summed E-state index contributed by atoms with van der Waals surface area (Å²) < 4.78 is 7.62. The van der Waals surface area contributed by atoms with Crippen LogP contribution in [0.5, 0.6) is 0 Å². The number of benzene rings is 12. The molecule has 3 heteroatoms. The first-order valence-electron chi connectivity index (χ1n) is 30.3. The highest BCUT2D eigenvalue weighted by atomic mass is 16.3. The minimum absolute atomic E-state index is 0.0313. The summed E-state index contributed by atoms with van der Waals surface area (Å²) in [4.78, 5) is 5.03. The molecule has 0 amide bonds. The minimum Gasteiger partial charge on any atom is -0.455 e. The lowest BCUT2D eigenvalue weighted by molar-refractivity contribution is 0.590. The van der Waals surface area contributed by atoms with Crippen LogP contribution in [0.25, 0.3) is 77.6 Å². The molecule has 0 N–H and O–H groups in total. The summed E-state index contributed by atoms with van der Waals surface area (Å²) in [6.07, 6.45) is 0. The van der Waals surface area contributed by atoms with E-state index in [0.717, 1.165) is 61.6 Å². The van der Waals surface area contributed by atoms with Crippen molar-refractivity contribution in [2.24, 2.45) is 0 Å².